The van der Waals surface area contributed by atoms with Gasteiger partial charge in [0.05, 0.1) is 47.3 Å². The van der Waals surface area contributed by atoms with E-state index in [4.69, 9.17) is 59.4 Å². The molecule has 3 rings (SSSR count). The predicted molar refractivity (Wildman–Crippen MR) is 131 cm³/mol. The van der Waals surface area contributed by atoms with Crippen LogP contribution >= 0.6 is 0 Å². The average Bonchev–Trinajstić information content (AvgIpc) is 3.22. The molecule has 188 valence electrons. The highest BCUT2D eigenvalue weighted by atomic mass is 19.1. The molecule has 10 radical (unpaired) electrons. The number of anilines is 1. The second-order valence-electron chi connectivity index (χ2n) is 8.37. The lowest BCUT2D eigenvalue weighted by atomic mass is 9.31. The van der Waals surface area contributed by atoms with E-state index < -0.39 is 70.1 Å². The van der Waals surface area contributed by atoms with Gasteiger partial charge in [-0.3, -0.25) is 4.79 Å². The molecule has 0 aliphatic rings. The zero-order chi connectivity index (χ0) is 29.3. The standard InChI is InChI=1S/C21H13B5F3N5O5/c22-19(36,21(24,25)26)16-13(29)4-11(27)5-14(16)39-20(23,37)17(35)34(8-15-32-33-18(31)38-15)7-10-2-1-9(6-30)3-12(10)28/h1-5,36-37H,7-8H2,(H2,31,33). The number of aromatic nitrogens is 2. The third kappa shape index (κ3) is 6.43. The molecule has 1 aromatic heterocycles. The third-order valence-corrected chi connectivity index (χ3v) is 5.27. The van der Waals surface area contributed by atoms with Gasteiger partial charge in [-0.15, -0.1) is 10.2 Å². The summed E-state index contributed by atoms with van der Waals surface area (Å²) in [6.07, 6.45) is 0. The first-order valence-electron chi connectivity index (χ1n) is 10.6. The highest BCUT2D eigenvalue weighted by Crippen LogP contribution is 2.42. The first kappa shape index (κ1) is 29.7. The second kappa shape index (κ2) is 10.7. The Balaban J connectivity index is 2.03. The van der Waals surface area contributed by atoms with Crippen LogP contribution in [0.5, 0.6) is 5.75 Å². The van der Waals surface area contributed by atoms with Crippen LogP contribution in [0.2, 0.25) is 5.11 Å². The molecule has 0 fully saturated rings. The molecule has 4 N–H and O–H groups in total. The van der Waals surface area contributed by atoms with Crippen LogP contribution < -0.4 is 10.5 Å². The molecule has 10 nitrogen and oxygen atoms in total. The van der Waals surface area contributed by atoms with E-state index in [1.807, 2.05) is 0 Å². The van der Waals surface area contributed by atoms with E-state index >= 15 is 0 Å². The number of rotatable bonds is 9. The van der Waals surface area contributed by atoms with Crippen molar-refractivity contribution in [3.63, 3.8) is 0 Å². The largest absolute Gasteiger partial charge is 0.462 e. The second-order valence-corrected chi connectivity index (χ2v) is 8.37. The minimum Gasteiger partial charge on any atom is -0.462 e. The fourth-order valence-electron chi connectivity index (χ4n) is 3.30. The number of nitriles is 1. The Morgan fingerprint density at radius 1 is 1.08 bits per heavy atom. The average molecular weight is 526 g/mol. The summed E-state index contributed by atoms with van der Waals surface area (Å²) in [5, 5.41) is 34.5. The maximum absolute atomic E-state index is 14.7. The quantitative estimate of drug-likeness (QED) is 0.241. The van der Waals surface area contributed by atoms with Crippen LogP contribution in [-0.4, -0.2) is 76.1 Å². The minimum atomic E-state index is -3.47. The Kier molecular flexibility index (Phi) is 8.19. The summed E-state index contributed by atoms with van der Waals surface area (Å²) in [5.74, 6) is -6.77. The van der Waals surface area contributed by atoms with Crippen molar-refractivity contribution in [2.75, 3.05) is 5.73 Å². The van der Waals surface area contributed by atoms with Crippen molar-refractivity contribution >= 4 is 51.2 Å². The number of benzene rings is 2. The van der Waals surface area contributed by atoms with Crippen molar-refractivity contribution in [3.8, 4) is 11.8 Å². The number of ether oxygens (including phenoxy) is 1. The molecule has 0 aliphatic carbocycles. The maximum Gasteiger partial charge on any atom is 0.312 e. The van der Waals surface area contributed by atoms with Crippen molar-refractivity contribution in [3.05, 3.63) is 70.4 Å². The number of nitrogen functional groups attached to an aromatic ring is 1. The zero-order valence-electron chi connectivity index (χ0n) is 19.8. The molecule has 2 aromatic carbocycles. The third-order valence-electron chi connectivity index (χ3n) is 5.27. The van der Waals surface area contributed by atoms with Gasteiger partial charge in [0.1, 0.15) is 31.0 Å². The predicted octanol–water partition coefficient (Wildman–Crippen LogP) is -0.744. The lowest BCUT2D eigenvalue weighted by molar-refractivity contribution is -0.166. The van der Waals surface area contributed by atoms with Crippen LogP contribution in [0.15, 0.2) is 34.7 Å². The summed E-state index contributed by atoms with van der Waals surface area (Å²) in [4.78, 5) is 14.0. The monoisotopic (exact) mass is 527 g/mol. The van der Waals surface area contributed by atoms with Crippen LogP contribution in [-0.2, 0) is 23.4 Å². The van der Waals surface area contributed by atoms with Crippen molar-refractivity contribution < 1.29 is 37.3 Å². The van der Waals surface area contributed by atoms with Gasteiger partial charge in [-0.05, 0) is 12.1 Å². The van der Waals surface area contributed by atoms with Gasteiger partial charge in [-0.1, -0.05) is 11.2 Å². The molecule has 0 spiro atoms. The van der Waals surface area contributed by atoms with E-state index in [0.717, 1.165) is 6.07 Å². The normalized spacial score (nSPS) is 14.6. The number of carbonyl (C=O) groups excluding carboxylic acids is 1. The number of hydrogen-bond donors (Lipinski definition) is 3. The number of hydrogen-bond acceptors (Lipinski definition) is 9. The van der Waals surface area contributed by atoms with Gasteiger partial charge < -0.3 is 30.0 Å². The van der Waals surface area contributed by atoms with Gasteiger partial charge in [0.15, 0.2) is 7.85 Å². The van der Waals surface area contributed by atoms with Crippen molar-refractivity contribution in [2.24, 2.45) is 0 Å². The Morgan fingerprint density at radius 3 is 2.28 bits per heavy atom. The molecule has 0 saturated carbocycles. The summed E-state index contributed by atoms with van der Waals surface area (Å²) < 4.78 is 53.3. The van der Waals surface area contributed by atoms with Crippen molar-refractivity contribution in [1.29, 1.82) is 5.26 Å². The van der Waals surface area contributed by atoms with Crippen LogP contribution in [0, 0.1) is 28.8 Å². The number of carbonyl (C=O) groups is 1. The number of nitrogens with zero attached hydrogens (tertiary/aromatic N) is 4. The van der Waals surface area contributed by atoms with Gasteiger partial charge in [-0.2, -0.15) is 5.26 Å². The van der Waals surface area contributed by atoms with E-state index in [-0.39, 0.29) is 23.1 Å². The van der Waals surface area contributed by atoms with Gasteiger partial charge in [0.2, 0.25) is 11.6 Å². The maximum atomic E-state index is 14.7. The molecule has 39 heavy (non-hydrogen) atoms. The topological polar surface area (TPSA) is 159 Å². The number of amides is 1. The zero-order valence-corrected chi connectivity index (χ0v) is 19.8. The molecule has 1 amide bonds. The van der Waals surface area contributed by atoms with Gasteiger partial charge in [0, 0.05) is 29.7 Å². The fraction of sp³-hybridized carbons (Fsp3) is 0.238. The minimum absolute atomic E-state index is 0.0248. The molecule has 0 bridgehead atoms. The molecule has 0 saturated heterocycles. The van der Waals surface area contributed by atoms with E-state index in [1.165, 1.54) is 12.1 Å². The summed E-state index contributed by atoms with van der Waals surface area (Å²) >= 11 is 0. The lowest BCUT2D eigenvalue weighted by Crippen LogP contribution is -2.53. The fourth-order valence-corrected chi connectivity index (χ4v) is 3.30. The highest BCUT2D eigenvalue weighted by molar-refractivity contribution is 6.62. The Hall–Kier alpha value is -3.83. The Labute approximate surface area is 226 Å². The van der Waals surface area contributed by atoms with Crippen molar-refractivity contribution in [1.82, 2.24) is 15.1 Å². The van der Waals surface area contributed by atoms with Gasteiger partial charge in [0.25, 0.3) is 5.91 Å². The number of aliphatic hydroxyl groups is 2. The first-order valence-corrected chi connectivity index (χ1v) is 10.6. The first-order chi connectivity index (χ1) is 18.0. The number of halogens is 3. The molecule has 0 aliphatic heterocycles. The molecule has 2 atom stereocenters. The Morgan fingerprint density at radius 2 is 1.74 bits per heavy atom. The molecular formula is C21H13B5F3N5O5. The van der Waals surface area contributed by atoms with E-state index in [0.29, 0.717) is 11.0 Å². The highest BCUT2D eigenvalue weighted by Gasteiger charge is 2.43. The SMILES string of the molecule is [B]C(O)(Oc1cc(F)cc(F)c1C([B])(O)C([B])([B])[B])C(=O)N(Cc1nnc(N)o1)Cc1ccc(C#N)cc1F. The van der Waals surface area contributed by atoms with E-state index in [9.17, 15) is 28.2 Å². The molecule has 2 unspecified atom stereocenters. The van der Waals surface area contributed by atoms with Gasteiger partial charge >= 0.3 is 6.01 Å². The molecule has 18 heteroatoms. The van der Waals surface area contributed by atoms with E-state index in [2.05, 4.69) is 10.2 Å². The smallest absolute Gasteiger partial charge is 0.312 e. The summed E-state index contributed by atoms with van der Waals surface area (Å²) in [5.41, 5.74) is -2.61. The molecular weight excluding hydrogens is 513 g/mol. The van der Waals surface area contributed by atoms with Crippen LogP contribution in [0.4, 0.5) is 19.2 Å². The summed E-state index contributed by atoms with van der Waals surface area (Å²) in [6.45, 7) is -1.27. The van der Waals surface area contributed by atoms with Crippen LogP contribution in [0.3, 0.4) is 0 Å². The summed E-state index contributed by atoms with van der Waals surface area (Å²) in [7, 11) is 27.5. The van der Waals surface area contributed by atoms with Crippen molar-refractivity contribution in [2.45, 2.75) is 29.4 Å². The molecule has 3 aromatic rings. The van der Waals surface area contributed by atoms with Gasteiger partial charge in [-0.25, -0.2) is 13.2 Å². The van der Waals surface area contributed by atoms with Crippen LogP contribution in [0.1, 0.15) is 22.6 Å². The van der Waals surface area contributed by atoms with Crippen LogP contribution in [0.25, 0.3) is 0 Å². The Bertz CT molecular complexity index is 1440. The summed E-state index contributed by atoms with van der Waals surface area (Å²) in [6, 6.07) is 5.30. The van der Waals surface area contributed by atoms with E-state index in [1.54, 1.807) is 6.07 Å². The molecule has 1 heterocycles. The number of nitrogens with two attached hydrogens (primary N) is 1. The lowest BCUT2D eigenvalue weighted by Gasteiger charge is -2.41.